The number of hydrogen-bond donors (Lipinski definition) is 2. The maximum atomic E-state index is 13.3. The first-order valence-corrected chi connectivity index (χ1v) is 8.79. The lowest BCUT2D eigenvalue weighted by Gasteiger charge is -2.10. The highest BCUT2D eigenvalue weighted by molar-refractivity contribution is 7.90. The second kappa shape index (κ2) is 6.26. The van der Waals surface area contributed by atoms with Crippen molar-refractivity contribution in [1.82, 2.24) is 4.72 Å². The van der Waals surface area contributed by atoms with Gasteiger partial charge in [-0.3, -0.25) is 0 Å². The Hall–Kier alpha value is -2.38. The van der Waals surface area contributed by atoms with Gasteiger partial charge in [0.05, 0.1) is 9.92 Å². The molecule has 3 rings (SSSR count). The molecule has 0 radical (unpaired) electrons. The lowest BCUT2D eigenvalue weighted by molar-refractivity contribution is 0.256. The summed E-state index contributed by atoms with van der Waals surface area (Å²) in [5, 5.41) is 2.15. The van der Waals surface area contributed by atoms with Crippen LogP contribution in [0.25, 0.3) is 6.08 Å². The molecule has 0 unspecified atom stereocenters. The number of amides is 2. The number of hydrogen-bond acceptors (Lipinski definition) is 3. The van der Waals surface area contributed by atoms with Gasteiger partial charge in [-0.1, -0.05) is 29.8 Å². The molecule has 0 spiro atoms. The van der Waals surface area contributed by atoms with Crippen molar-refractivity contribution in [2.45, 2.75) is 11.3 Å². The van der Waals surface area contributed by atoms with E-state index in [1.165, 1.54) is 24.3 Å². The Labute approximate surface area is 143 Å². The van der Waals surface area contributed by atoms with Crippen LogP contribution in [0.2, 0.25) is 5.02 Å². The first-order chi connectivity index (χ1) is 11.3. The Balaban J connectivity index is 1.75. The molecule has 0 aliphatic heterocycles. The number of urea groups is 1. The van der Waals surface area contributed by atoms with Gasteiger partial charge in [0.25, 0.3) is 10.0 Å². The number of halogens is 2. The van der Waals surface area contributed by atoms with Crippen molar-refractivity contribution in [3.8, 4) is 0 Å². The zero-order valence-corrected chi connectivity index (χ0v) is 13.8. The summed E-state index contributed by atoms with van der Waals surface area (Å²) >= 11 is 5.55. The van der Waals surface area contributed by atoms with Crippen LogP contribution in [-0.2, 0) is 16.4 Å². The third kappa shape index (κ3) is 3.42. The fraction of sp³-hybridized carbons (Fsp3) is 0.0625. The molecule has 1 aliphatic carbocycles. The van der Waals surface area contributed by atoms with E-state index in [0.717, 1.165) is 23.6 Å². The Kier molecular flexibility index (Phi) is 4.29. The van der Waals surface area contributed by atoms with Crippen LogP contribution < -0.4 is 10.0 Å². The maximum absolute atomic E-state index is 13.3. The topological polar surface area (TPSA) is 75.3 Å². The van der Waals surface area contributed by atoms with Gasteiger partial charge in [-0.25, -0.2) is 22.3 Å². The normalized spacial score (nSPS) is 12.8. The zero-order chi connectivity index (χ0) is 17.3. The van der Waals surface area contributed by atoms with Crippen molar-refractivity contribution in [1.29, 1.82) is 0 Å². The van der Waals surface area contributed by atoms with Gasteiger partial charge in [0.1, 0.15) is 5.82 Å². The Morgan fingerprint density at radius 3 is 2.71 bits per heavy atom. The maximum Gasteiger partial charge on any atom is 0.333 e. The molecule has 0 atom stereocenters. The molecule has 0 heterocycles. The van der Waals surface area contributed by atoms with Crippen molar-refractivity contribution >= 4 is 39.4 Å². The van der Waals surface area contributed by atoms with Gasteiger partial charge in [0, 0.05) is 5.69 Å². The molecule has 2 aromatic rings. The summed E-state index contributed by atoms with van der Waals surface area (Å²) in [7, 11) is -4.04. The number of allylic oxidation sites excluding steroid dienone is 1. The van der Waals surface area contributed by atoms with Gasteiger partial charge >= 0.3 is 6.03 Å². The SMILES string of the molecule is O=C(Nc1ccc(Cl)c(F)c1)NS(=O)(=O)c1ccc2c(c1)C=CC2. The van der Waals surface area contributed by atoms with Crippen molar-refractivity contribution in [2.24, 2.45) is 0 Å². The molecule has 1 aliphatic rings. The Morgan fingerprint density at radius 1 is 1.17 bits per heavy atom. The summed E-state index contributed by atoms with van der Waals surface area (Å²) < 4.78 is 39.7. The summed E-state index contributed by atoms with van der Waals surface area (Å²) in [6.07, 6.45) is 4.51. The highest BCUT2D eigenvalue weighted by atomic mass is 35.5. The van der Waals surface area contributed by atoms with Crippen LogP contribution in [0.3, 0.4) is 0 Å². The summed E-state index contributed by atoms with van der Waals surface area (Å²) in [6.45, 7) is 0. The highest BCUT2D eigenvalue weighted by Gasteiger charge is 2.19. The standard InChI is InChI=1S/C16H12ClFN2O3S/c17-14-7-5-12(9-15(14)18)19-16(21)20-24(22,23)13-6-4-10-2-1-3-11(10)8-13/h1,3-9H,2H2,(H2,19,20,21). The molecule has 0 aromatic heterocycles. The van der Waals surface area contributed by atoms with E-state index >= 15 is 0 Å². The molecular formula is C16H12ClFN2O3S. The van der Waals surface area contributed by atoms with Gasteiger partial charge in [0.2, 0.25) is 0 Å². The summed E-state index contributed by atoms with van der Waals surface area (Å²) in [4.78, 5) is 11.8. The van der Waals surface area contributed by atoms with Crippen LogP contribution in [-0.4, -0.2) is 14.4 Å². The zero-order valence-electron chi connectivity index (χ0n) is 12.2. The lowest BCUT2D eigenvalue weighted by atomic mass is 10.1. The van der Waals surface area contributed by atoms with E-state index in [9.17, 15) is 17.6 Å². The highest BCUT2D eigenvalue weighted by Crippen LogP contribution is 2.23. The van der Waals surface area contributed by atoms with E-state index in [-0.39, 0.29) is 15.6 Å². The number of benzene rings is 2. The molecule has 24 heavy (non-hydrogen) atoms. The minimum Gasteiger partial charge on any atom is -0.307 e. The van der Waals surface area contributed by atoms with E-state index in [4.69, 9.17) is 11.6 Å². The molecule has 124 valence electrons. The van der Waals surface area contributed by atoms with Crippen LogP contribution >= 0.6 is 11.6 Å². The molecule has 0 saturated carbocycles. The van der Waals surface area contributed by atoms with Crippen molar-refractivity contribution in [3.05, 3.63) is 64.4 Å². The van der Waals surface area contributed by atoms with Gasteiger partial charge in [-0.2, -0.15) is 0 Å². The van der Waals surface area contributed by atoms with Crippen LogP contribution in [0.4, 0.5) is 14.9 Å². The average molecular weight is 367 g/mol. The molecule has 2 N–H and O–H groups in total. The smallest absolute Gasteiger partial charge is 0.307 e. The molecule has 0 bridgehead atoms. The van der Waals surface area contributed by atoms with E-state index in [1.54, 1.807) is 6.07 Å². The quantitative estimate of drug-likeness (QED) is 0.872. The lowest BCUT2D eigenvalue weighted by Crippen LogP contribution is -2.34. The van der Waals surface area contributed by atoms with Crippen molar-refractivity contribution in [2.75, 3.05) is 5.32 Å². The first-order valence-electron chi connectivity index (χ1n) is 6.93. The van der Waals surface area contributed by atoms with Crippen LogP contribution in [0.15, 0.2) is 47.4 Å². The second-order valence-corrected chi connectivity index (χ2v) is 7.25. The fourth-order valence-corrected chi connectivity index (χ4v) is 3.37. The summed E-state index contributed by atoms with van der Waals surface area (Å²) in [6, 6.07) is 7.25. The van der Waals surface area contributed by atoms with Crippen molar-refractivity contribution in [3.63, 3.8) is 0 Å². The third-order valence-corrected chi connectivity index (χ3v) is 5.10. The summed E-state index contributed by atoms with van der Waals surface area (Å²) in [5.74, 6) is -0.720. The molecule has 5 nitrogen and oxygen atoms in total. The molecular weight excluding hydrogens is 355 g/mol. The number of carbonyl (C=O) groups is 1. The fourth-order valence-electron chi connectivity index (χ4n) is 2.31. The largest absolute Gasteiger partial charge is 0.333 e. The molecule has 8 heteroatoms. The summed E-state index contributed by atoms with van der Waals surface area (Å²) in [5.41, 5.74) is 1.91. The van der Waals surface area contributed by atoms with E-state index in [2.05, 4.69) is 5.32 Å². The molecule has 0 fully saturated rings. The molecule has 2 amide bonds. The Bertz CT molecular complexity index is 958. The number of rotatable bonds is 3. The number of carbonyl (C=O) groups excluding carboxylic acids is 1. The number of fused-ring (bicyclic) bond motifs is 1. The minimum absolute atomic E-state index is 0.0229. The van der Waals surface area contributed by atoms with Gasteiger partial charge in [0.15, 0.2) is 0 Å². The average Bonchev–Trinajstić information content (AvgIpc) is 2.98. The monoisotopic (exact) mass is 366 g/mol. The van der Waals surface area contributed by atoms with E-state index in [0.29, 0.717) is 0 Å². The number of anilines is 1. The Morgan fingerprint density at radius 2 is 1.96 bits per heavy atom. The molecule has 2 aromatic carbocycles. The predicted molar refractivity (Wildman–Crippen MR) is 89.9 cm³/mol. The molecule has 0 saturated heterocycles. The van der Waals surface area contributed by atoms with Gasteiger partial charge < -0.3 is 5.32 Å². The van der Waals surface area contributed by atoms with Crippen molar-refractivity contribution < 1.29 is 17.6 Å². The van der Waals surface area contributed by atoms with Crippen LogP contribution in [0.1, 0.15) is 11.1 Å². The van der Waals surface area contributed by atoms with Crippen LogP contribution in [0.5, 0.6) is 0 Å². The van der Waals surface area contributed by atoms with E-state index in [1.807, 2.05) is 16.9 Å². The van der Waals surface area contributed by atoms with Crippen LogP contribution in [0, 0.1) is 5.82 Å². The number of sulfonamides is 1. The predicted octanol–water partition coefficient (Wildman–Crippen LogP) is 3.56. The van der Waals surface area contributed by atoms with Gasteiger partial charge in [-0.15, -0.1) is 0 Å². The third-order valence-electron chi connectivity index (χ3n) is 3.47. The van der Waals surface area contributed by atoms with Gasteiger partial charge in [-0.05, 0) is 47.9 Å². The number of nitrogens with one attached hydrogen (secondary N) is 2. The first kappa shape index (κ1) is 16.5. The second-order valence-electron chi connectivity index (χ2n) is 5.16. The minimum atomic E-state index is -4.04. The van der Waals surface area contributed by atoms with E-state index < -0.39 is 21.9 Å².